The number of carbonyl (C=O) groups is 1. The van der Waals surface area contributed by atoms with Crippen LogP contribution in [-0.4, -0.2) is 18.6 Å². The van der Waals surface area contributed by atoms with Crippen molar-refractivity contribution in [2.75, 3.05) is 11.9 Å². The molecule has 0 spiro atoms. The molecule has 0 fully saturated rings. The number of nitrogens with one attached hydrogen (secondary N) is 1. The molecule has 1 rings (SSSR count). The predicted octanol–water partition coefficient (Wildman–Crippen LogP) is 3.11. The highest BCUT2D eigenvalue weighted by molar-refractivity contribution is 5.95. The molecule has 0 aliphatic carbocycles. The van der Waals surface area contributed by atoms with Gasteiger partial charge in [-0.2, -0.15) is 13.2 Å². The Hall–Kier alpha value is -1.98. The maximum atomic E-state index is 12.1. The van der Waals surface area contributed by atoms with Gasteiger partial charge in [-0.1, -0.05) is 18.2 Å². The molecular weight excluding hydrogens is 247 g/mol. The predicted molar refractivity (Wildman–Crippen MR) is 60.8 cm³/mol. The molecule has 18 heavy (non-hydrogen) atoms. The molecule has 6 heteroatoms. The number of rotatable bonds is 5. The van der Waals surface area contributed by atoms with E-state index in [0.29, 0.717) is 11.8 Å². The summed E-state index contributed by atoms with van der Waals surface area (Å²) in [6.45, 7) is 1.76. The Balaban J connectivity index is 2.83. The van der Waals surface area contributed by atoms with Gasteiger partial charge in [-0.25, -0.2) is 0 Å². The molecule has 0 aliphatic heterocycles. The Labute approximate surface area is 102 Å². The first kappa shape index (κ1) is 14.1. The van der Waals surface area contributed by atoms with E-state index in [1.165, 1.54) is 0 Å². The number of anilines is 1. The van der Waals surface area contributed by atoms with Crippen LogP contribution in [0, 0.1) is 0 Å². The number of para-hydroxylation sites is 1. The third kappa shape index (κ3) is 4.48. The summed E-state index contributed by atoms with van der Waals surface area (Å²) in [5.74, 6) is -2.19. The molecule has 98 valence electrons. The zero-order chi connectivity index (χ0) is 13.6. The topological polar surface area (TPSA) is 38.3 Å². The van der Waals surface area contributed by atoms with Gasteiger partial charge in [0.1, 0.15) is 0 Å². The van der Waals surface area contributed by atoms with E-state index in [0.717, 1.165) is 0 Å². The normalized spacial score (nSPS) is 12.1. The summed E-state index contributed by atoms with van der Waals surface area (Å²) in [6, 6.07) is 8.46. The van der Waals surface area contributed by atoms with Crippen molar-refractivity contribution in [3.8, 4) is 0 Å². The molecule has 0 atom stereocenters. The van der Waals surface area contributed by atoms with Crippen LogP contribution < -0.4 is 5.32 Å². The van der Waals surface area contributed by atoms with Crippen LogP contribution in [0.5, 0.6) is 0 Å². The van der Waals surface area contributed by atoms with E-state index in [1.54, 1.807) is 37.3 Å². The molecule has 0 aromatic heterocycles. The van der Waals surface area contributed by atoms with Gasteiger partial charge < -0.3 is 10.1 Å². The maximum absolute atomic E-state index is 12.1. The quantitative estimate of drug-likeness (QED) is 0.652. The average molecular weight is 259 g/mol. The Kier molecular flexibility index (Phi) is 4.76. The van der Waals surface area contributed by atoms with Gasteiger partial charge in [0.05, 0.1) is 12.7 Å². The number of alkyl halides is 3. The van der Waals surface area contributed by atoms with Gasteiger partial charge >= 0.3 is 6.18 Å². The summed E-state index contributed by atoms with van der Waals surface area (Å²) in [7, 11) is 0. The van der Waals surface area contributed by atoms with Crippen molar-refractivity contribution >= 4 is 11.5 Å². The molecule has 1 aromatic rings. The van der Waals surface area contributed by atoms with E-state index in [4.69, 9.17) is 4.74 Å². The van der Waals surface area contributed by atoms with Crippen LogP contribution in [0.1, 0.15) is 6.92 Å². The van der Waals surface area contributed by atoms with E-state index in [-0.39, 0.29) is 12.5 Å². The second-order valence-electron chi connectivity index (χ2n) is 3.29. The number of allylic oxidation sites excluding steroid dienone is 1. The van der Waals surface area contributed by atoms with Crippen molar-refractivity contribution in [3.63, 3.8) is 0 Å². The van der Waals surface area contributed by atoms with Crippen molar-refractivity contribution in [1.82, 2.24) is 0 Å². The molecule has 0 aliphatic rings. The van der Waals surface area contributed by atoms with E-state index in [1.807, 2.05) is 0 Å². The first-order chi connectivity index (χ1) is 8.43. The fourth-order valence-electron chi connectivity index (χ4n) is 1.13. The molecule has 0 amide bonds. The van der Waals surface area contributed by atoms with Crippen molar-refractivity contribution in [2.45, 2.75) is 13.1 Å². The molecule has 0 bridgehead atoms. The zero-order valence-electron chi connectivity index (χ0n) is 9.62. The summed E-state index contributed by atoms with van der Waals surface area (Å²) in [6.07, 6.45) is -4.50. The average Bonchev–Trinajstić information content (AvgIpc) is 2.29. The second kappa shape index (κ2) is 6.09. The van der Waals surface area contributed by atoms with Gasteiger partial charge in [0.15, 0.2) is 5.88 Å². The molecule has 0 unspecified atom stereocenters. The van der Waals surface area contributed by atoms with Crippen LogP contribution in [0.25, 0.3) is 0 Å². The fraction of sp³-hybridized carbons (Fsp3) is 0.250. The van der Waals surface area contributed by atoms with Crippen molar-refractivity contribution < 1.29 is 22.7 Å². The van der Waals surface area contributed by atoms with Gasteiger partial charge in [0, 0.05) is 5.69 Å². The second-order valence-corrected chi connectivity index (χ2v) is 3.29. The van der Waals surface area contributed by atoms with Crippen LogP contribution in [0.4, 0.5) is 18.9 Å². The molecule has 0 heterocycles. The number of ether oxygens (including phenoxy) is 1. The number of benzene rings is 1. The smallest absolute Gasteiger partial charge is 0.454 e. The Morgan fingerprint density at radius 1 is 1.33 bits per heavy atom. The lowest BCUT2D eigenvalue weighted by Gasteiger charge is -2.11. The number of carbonyl (C=O) groups excluding carboxylic acids is 1. The Morgan fingerprint density at radius 2 is 1.94 bits per heavy atom. The van der Waals surface area contributed by atoms with Crippen LogP contribution in [0.2, 0.25) is 0 Å². The Bertz CT molecular complexity index is 427. The molecule has 1 aromatic carbocycles. The number of hydrogen-bond donors (Lipinski definition) is 1. The lowest BCUT2D eigenvalue weighted by Crippen LogP contribution is -2.22. The molecule has 0 saturated carbocycles. The monoisotopic (exact) mass is 259 g/mol. The molecule has 3 nitrogen and oxygen atoms in total. The Morgan fingerprint density at radius 3 is 2.44 bits per heavy atom. The van der Waals surface area contributed by atoms with Gasteiger partial charge in [-0.3, -0.25) is 4.79 Å². The van der Waals surface area contributed by atoms with Crippen LogP contribution in [0.3, 0.4) is 0 Å². The highest BCUT2D eigenvalue weighted by atomic mass is 19.4. The third-order valence-electron chi connectivity index (χ3n) is 1.88. The summed E-state index contributed by atoms with van der Waals surface area (Å²) in [5.41, 5.74) is 0.534. The first-order valence-electron chi connectivity index (χ1n) is 5.21. The number of halogens is 3. The minimum Gasteiger partial charge on any atom is -0.479 e. The maximum Gasteiger partial charge on any atom is 0.454 e. The van der Waals surface area contributed by atoms with Gasteiger partial charge in [0.2, 0.25) is 0 Å². The third-order valence-corrected chi connectivity index (χ3v) is 1.88. The van der Waals surface area contributed by atoms with Gasteiger partial charge in [-0.15, -0.1) is 0 Å². The van der Waals surface area contributed by atoms with Crippen molar-refractivity contribution in [2.24, 2.45) is 0 Å². The SMILES string of the molecule is CCO/C(=C\C(=O)C(F)(F)F)Nc1ccccc1. The summed E-state index contributed by atoms with van der Waals surface area (Å²) in [4.78, 5) is 10.8. The molecule has 0 radical (unpaired) electrons. The van der Waals surface area contributed by atoms with E-state index < -0.39 is 12.0 Å². The standard InChI is InChI=1S/C12H12F3NO2/c1-2-18-11(8-10(17)12(13,14)15)16-9-6-4-3-5-7-9/h3-8,16H,2H2,1H3/b11-8-. The molecule has 0 saturated heterocycles. The summed E-state index contributed by atoms with van der Waals surface area (Å²) >= 11 is 0. The summed E-state index contributed by atoms with van der Waals surface area (Å²) in [5, 5.41) is 2.60. The minimum absolute atomic E-state index is 0.150. The van der Waals surface area contributed by atoms with Gasteiger partial charge in [0.25, 0.3) is 5.78 Å². The van der Waals surface area contributed by atoms with Crippen molar-refractivity contribution in [3.05, 3.63) is 42.3 Å². The largest absolute Gasteiger partial charge is 0.479 e. The zero-order valence-corrected chi connectivity index (χ0v) is 9.62. The van der Waals surface area contributed by atoms with E-state index in [9.17, 15) is 18.0 Å². The highest BCUT2D eigenvalue weighted by Crippen LogP contribution is 2.18. The number of ketones is 1. The van der Waals surface area contributed by atoms with Crippen LogP contribution >= 0.6 is 0 Å². The minimum atomic E-state index is -4.90. The van der Waals surface area contributed by atoms with E-state index >= 15 is 0 Å². The first-order valence-corrected chi connectivity index (χ1v) is 5.21. The lowest BCUT2D eigenvalue weighted by molar-refractivity contribution is -0.165. The van der Waals surface area contributed by atoms with Gasteiger partial charge in [-0.05, 0) is 19.1 Å². The summed E-state index contributed by atoms with van der Waals surface area (Å²) < 4.78 is 41.3. The lowest BCUT2D eigenvalue weighted by atomic mass is 10.3. The van der Waals surface area contributed by atoms with Crippen LogP contribution in [0.15, 0.2) is 42.3 Å². The fourth-order valence-corrected chi connectivity index (χ4v) is 1.13. The highest BCUT2D eigenvalue weighted by Gasteiger charge is 2.37. The van der Waals surface area contributed by atoms with Crippen molar-refractivity contribution in [1.29, 1.82) is 0 Å². The molecule has 1 N–H and O–H groups in total. The van der Waals surface area contributed by atoms with E-state index in [2.05, 4.69) is 5.32 Å². The molecular formula is C12H12F3NO2. The van der Waals surface area contributed by atoms with Crippen LogP contribution in [-0.2, 0) is 9.53 Å². The number of hydrogen-bond acceptors (Lipinski definition) is 3.